The van der Waals surface area contributed by atoms with Crippen LogP contribution in [0.4, 0.5) is 0 Å². The summed E-state index contributed by atoms with van der Waals surface area (Å²) in [4.78, 5) is 6.53. The molecule has 1 aliphatic heterocycles. The van der Waals surface area contributed by atoms with Gasteiger partial charge in [-0.15, -0.1) is 12.4 Å². The number of nitrogens with zero attached hydrogens (tertiary/aromatic N) is 2. The fourth-order valence-electron chi connectivity index (χ4n) is 2.69. The van der Waals surface area contributed by atoms with E-state index in [0.29, 0.717) is 6.04 Å². The summed E-state index contributed by atoms with van der Waals surface area (Å²) in [5.74, 6) is 0. The number of halogens is 2. The van der Waals surface area contributed by atoms with Gasteiger partial charge in [0.1, 0.15) is 0 Å². The predicted molar refractivity (Wildman–Crippen MR) is 89.0 cm³/mol. The van der Waals surface area contributed by atoms with Crippen molar-refractivity contribution < 1.29 is 0 Å². The molecular weight excluding hydrogens is 305 g/mol. The molecular formula is C16H19Cl2N3. The Morgan fingerprint density at radius 1 is 1.24 bits per heavy atom. The molecule has 3 rings (SSSR count). The quantitative estimate of drug-likeness (QED) is 0.939. The Morgan fingerprint density at radius 3 is 2.81 bits per heavy atom. The van der Waals surface area contributed by atoms with Crippen molar-refractivity contribution in [3.63, 3.8) is 0 Å². The number of benzene rings is 1. The lowest BCUT2D eigenvalue weighted by atomic mass is 10.0. The molecule has 0 amide bonds. The number of hydrogen-bond donors (Lipinski definition) is 1. The van der Waals surface area contributed by atoms with Gasteiger partial charge in [-0.25, -0.2) is 0 Å². The summed E-state index contributed by atoms with van der Waals surface area (Å²) >= 11 is 6.23. The normalized spacial score (nSPS) is 19.0. The van der Waals surface area contributed by atoms with Crippen molar-refractivity contribution in [2.45, 2.75) is 12.6 Å². The molecule has 2 heterocycles. The van der Waals surface area contributed by atoms with Crippen LogP contribution in [0.3, 0.4) is 0 Å². The fourth-order valence-corrected chi connectivity index (χ4v) is 2.87. The standard InChI is InChI=1S/C16H18ClN3.ClH/c17-15-10-18-7-6-14(15)12-20-9-8-19-11-16(20)13-4-2-1-3-5-13;/h1-7,10,16,19H,8-9,11-12H2;1H. The highest BCUT2D eigenvalue weighted by Gasteiger charge is 2.24. The van der Waals surface area contributed by atoms with Gasteiger partial charge in [-0.2, -0.15) is 0 Å². The molecule has 1 unspecified atom stereocenters. The number of nitrogens with one attached hydrogen (secondary N) is 1. The van der Waals surface area contributed by atoms with Crippen LogP contribution in [0.15, 0.2) is 48.8 Å². The first-order chi connectivity index (χ1) is 9.84. The molecule has 21 heavy (non-hydrogen) atoms. The summed E-state index contributed by atoms with van der Waals surface area (Å²) in [5, 5.41) is 4.22. The van der Waals surface area contributed by atoms with Crippen molar-refractivity contribution in [1.82, 2.24) is 15.2 Å². The maximum absolute atomic E-state index is 6.23. The molecule has 0 bridgehead atoms. The van der Waals surface area contributed by atoms with E-state index in [4.69, 9.17) is 11.6 Å². The minimum atomic E-state index is 0. The molecule has 2 aromatic rings. The molecule has 0 spiro atoms. The first kappa shape index (κ1) is 16.2. The highest BCUT2D eigenvalue weighted by molar-refractivity contribution is 6.31. The van der Waals surface area contributed by atoms with Gasteiger partial charge in [-0.1, -0.05) is 41.9 Å². The number of aromatic nitrogens is 1. The second kappa shape index (κ2) is 7.76. The van der Waals surface area contributed by atoms with Crippen LogP contribution in [0.25, 0.3) is 0 Å². The summed E-state index contributed by atoms with van der Waals surface area (Å²) in [7, 11) is 0. The highest BCUT2D eigenvalue weighted by atomic mass is 35.5. The topological polar surface area (TPSA) is 28.2 Å². The Labute approximate surface area is 136 Å². The van der Waals surface area contributed by atoms with Gasteiger partial charge in [-0.05, 0) is 17.2 Å². The van der Waals surface area contributed by atoms with E-state index in [0.717, 1.165) is 36.8 Å². The first-order valence-electron chi connectivity index (χ1n) is 6.92. The molecule has 1 atom stereocenters. The van der Waals surface area contributed by atoms with Gasteiger partial charge < -0.3 is 5.32 Å². The van der Waals surface area contributed by atoms with Crippen molar-refractivity contribution in [2.75, 3.05) is 19.6 Å². The molecule has 3 nitrogen and oxygen atoms in total. The third kappa shape index (κ3) is 3.95. The Bertz CT molecular complexity index is 562. The van der Waals surface area contributed by atoms with Crippen LogP contribution >= 0.6 is 24.0 Å². The minimum Gasteiger partial charge on any atom is -0.314 e. The van der Waals surface area contributed by atoms with Crippen molar-refractivity contribution in [1.29, 1.82) is 0 Å². The number of pyridine rings is 1. The van der Waals surface area contributed by atoms with E-state index < -0.39 is 0 Å². The van der Waals surface area contributed by atoms with Crippen molar-refractivity contribution in [2.24, 2.45) is 0 Å². The summed E-state index contributed by atoms with van der Waals surface area (Å²) in [5.41, 5.74) is 2.49. The van der Waals surface area contributed by atoms with Gasteiger partial charge in [0.05, 0.1) is 5.02 Å². The van der Waals surface area contributed by atoms with Gasteiger partial charge in [0.2, 0.25) is 0 Å². The fraction of sp³-hybridized carbons (Fsp3) is 0.312. The maximum atomic E-state index is 6.23. The van der Waals surface area contributed by atoms with Gasteiger partial charge in [-0.3, -0.25) is 9.88 Å². The maximum Gasteiger partial charge on any atom is 0.0634 e. The predicted octanol–water partition coefficient (Wildman–Crippen LogP) is 3.30. The van der Waals surface area contributed by atoms with Crippen LogP contribution in [-0.4, -0.2) is 29.5 Å². The summed E-state index contributed by atoms with van der Waals surface area (Å²) in [6.07, 6.45) is 3.53. The number of piperazine rings is 1. The van der Waals surface area contributed by atoms with E-state index in [-0.39, 0.29) is 12.4 Å². The molecule has 0 aliphatic carbocycles. The van der Waals surface area contributed by atoms with Crippen LogP contribution in [0.5, 0.6) is 0 Å². The van der Waals surface area contributed by atoms with E-state index in [1.54, 1.807) is 12.4 Å². The largest absolute Gasteiger partial charge is 0.314 e. The molecule has 1 saturated heterocycles. The van der Waals surface area contributed by atoms with Gasteiger partial charge >= 0.3 is 0 Å². The zero-order valence-corrected chi connectivity index (χ0v) is 13.3. The SMILES string of the molecule is Cl.Clc1cnccc1CN1CCNCC1c1ccccc1. The Balaban J connectivity index is 0.00000161. The summed E-state index contributed by atoms with van der Waals surface area (Å²) < 4.78 is 0. The smallest absolute Gasteiger partial charge is 0.0634 e. The highest BCUT2D eigenvalue weighted by Crippen LogP contribution is 2.25. The molecule has 1 N–H and O–H groups in total. The van der Waals surface area contributed by atoms with Gasteiger partial charge in [0, 0.05) is 44.6 Å². The first-order valence-corrected chi connectivity index (χ1v) is 7.30. The van der Waals surface area contributed by atoms with Crippen molar-refractivity contribution in [3.8, 4) is 0 Å². The van der Waals surface area contributed by atoms with Crippen LogP contribution in [-0.2, 0) is 6.54 Å². The van der Waals surface area contributed by atoms with Gasteiger partial charge in [0.25, 0.3) is 0 Å². The molecule has 1 fully saturated rings. The average molecular weight is 324 g/mol. The third-order valence-corrected chi connectivity index (χ3v) is 4.11. The van der Waals surface area contributed by atoms with E-state index in [1.165, 1.54) is 5.56 Å². The van der Waals surface area contributed by atoms with Gasteiger partial charge in [0.15, 0.2) is 0 Å². The molecule has 0 saturated carbocycles. The minimum absolute atomic E-state index is 0. The van der Waals surface area contributed by atoms with E-state index in [1.807, 2.05) is 6.07 Å². The number of hydrogen-bond acceptors (Lipinski definition) is 3. The van der Waals surface area contributed by atoms with Crippen LogP contribution < -0.4 is 5.32 Å². The zero-order chi connectivity index (χ0) is 13.8. The molecule has 1 aliphatic rings. The summed E-state index contributed by atoms with van der Waals surface area (Å²) in [6, 6.07) is 13.0. The van der Waals surface area contributed by atoms with E-state index in [2.05, 4.69) is 45.5 Å². The third-order valence-electron chi connectivity index (χ3n) is 3.77. The van der Waals surface area contributed by atoms with Crippen LogP contribution in [0.2, 0.25) is 5.02 Å². The van der Waals surface area contributed by atoms with Crippen molar-refractivity contribution in [3.05, 3.63) is 64.9 Å². The Hall–Kier alpha value is -1.13. The lowest BCUT2D eigenvalue weighted by Gasteiger charge is -2.36. The van der Waals surface area contributed by atoms with Crippen LogP contribution in [0, 0.1) is 0 Å². The second-order valence-corrected chi connectivity index (χ2v) is 5.48. The average Bonchev–Trinajstić information content (AvgIpc) is 2.51. The van der Waals surface area contributed by atoms with E-state index in [9.17, 15) is 0 Å². The zero-order valence-electron chi connectivity index (χ0n) is 11.7. The molecule has 5 heteroatoms. The lowest BCUT2D eigenvalue weighted by molar-refractivity contribution is 0.154. The Kier molecular flexibility index (Phi) is 6.00. The Morgan fingerprint density at radius 2 is 2.05 bits per heavy atom. The van der Waals surface area contributed by atoms with Crippen LogP contribution in [0.1, 0.15) is 17.2 Å². The molecule has 0 radical (unpaired) electrons. The molecule has 1 aromatic carbocycles. The summed E-state index contributed by atoms with van der Waals surface area (Å²) in [6.45, 7) is 3.89. The molecule has 1 aromatic heterocycles. The number of rotatable bonds is 3. The molecule has 112 valence electrons. The lowest BCUT2D eigenvalue weighted by Crippen LogP contribution is -2.45. The van der Waals surface area contributed by atoms with Crippen molar-refractivity contribution >= 4 is 24.0 Å². The monoisotopic (exact) mass is 323 g/mol. The van der Waals surface area contributed by atoms with E-state index >= 15 is 0 Å². The second-order valence-electron chi connectivity index (χ2n) is 5.07.